The van der Waals surface area contributed by atoms with E-state index in [9.17, 15) is 9.00 Å². The molecule has 0 aliphatic rings. The third-order valence-corrected chi connectivity index (χ3v) is 3.40. The molecule has 0 aliphatic heterocycles. The minimum absolute atomic E-state index is 0.223. The number of carbonyl (C=O) groups excluding carboxylic acids is 1. The van der Waals surface area contributed by atoms with Gasteiger partial charge in [0.05, 0.1) is 10.8 Å². The number of rotatable bonds is 5. The van der Waals surface area contributed by atoms with Crippen molar-refractivity contribution in [3.05, 3.63) is 41.4 Å². The second-order valence-corrected chi connectivity index (χ2v) is 4.69. The SMILES string of the molecule is CCNC(=O)/C(=C\NC)S(=O)c1ccccc1. The Morgan fingerprint density at radius 1 is 1.35 bits per heavy atom. The fourth-order valence-electron chi connectivity index (χ4n) is 1.25. The second-order valence-electron chi connectivity index (χ2n) is 3.24. The van der Waals surface area contributed by atoms with Gasteiger partial charge < -0.3 is 10.6 Å². The predicted molar refractivity (Wildman–Crippen MR) is 68.7 cm³/mol. The maximum atomic E-state index is 12.2. The smallest absolute Gasteiger partial charge is 0.262 e. The van der Waals surface area contributed by atoms with Gasteiger partial charge in [-0.2, -0.15) is 0 Å². The molecule has 1 atom stereocenters. The normalized spacial score (nSPS) is 12.9. The van der Waals surface area contributed by atoms with Crippen molar-refractivity contribution in [3.8, 4) is 0 Å². The zero-order chi connectivity index (χ0) is 12.7. The molecule has 0 bridgehead atoms. The summed E-state index contributed by atoms with van der Waals surface area (Å²) in [5, 5.41) is 5.38. The molecule has 4 nitrogen and oxygen atoms in total. The van der Waals surface area contributed by atoms with Gasteiger partial charge in [-0.25, -0.2) is 4.21 Å². The fraction of sp³-hybridized carbons (Fsp3) is 0.250. The van der Waals surface area contributed by atoms with Gasteiger partial charge in [0.25, 0.3) is 5.91 Å². The van der Waals surface area contributed by atoms with Gasteiger partial charge in [-0.05, 0) is 19.1 Å². The number of benzene rings is 1. The average molecular weight is 252 g/mol. The Morgan fingerprint density at radius 3 is 2.53 bits per heavy atom. The highest BCUT2D eigenvalue weighted by Crippen LogP contribution is 2.13. The van der Waals surface area contributed by atoms with E-state index in [1.54, 1.807) is 31.3 Å². The van der Waals surface area contributed by atoms with Crippen LogP contribution in [0.4, 0.5) is 0 Å². The van der Waals surface area contributed by atoms with Crippen LogP contribution in [0.25, 0.3) is 0 Å². The summed E-state index contributed by atoms with van der Waals surface area (Å²) in [5.74, 6) is -0.316. The number of likely N-dealkylation sites (N-methyl/N-ethyl adjacent to an activating group) is 1. The van der Waals surface area contributed by atoms with Gasteiger partial charge in [-0.1, -0.05) is 18.2 Å². The third-order valence-electron chi connectivity index (χ3n) is 1.99. The standard InChI is InChI=1S/C12H16N2O2S/c1-3-14-12(15)11(9-13-2)17(16)10-7-5-4-6-8-10/h4-9,13H,3H2,1-2H3,(H,14,15)/b11-9+. The number of nitrogens with one attached hydrogen (secondary N) is 2. The number of hydrogen-bond donors (Lipinski definition) is 2. The molecule has 92 valence electrons. The van der Waals surface area contributed by atoms with E-state index in [2.05, 4.69) is 10.6 Å². The second kappa shape index (κ2) is 6.85. The quantitative estimate of drug-likeness (QED) is 0.768. The first-order chi connectivity index (χ1) is 8.20. The van der Waals surface area contributed by atoms with Crippen LogP contribution in [0.15, 0.2) is 46.3 Å². The molecule has 1 unspecified atom stereocenters. The Morgan fingerprint density at radius 2 is 2.00 bits per heavy atom. The molecule has 0 heterocycles. The summed E-state index contributed by atoms with van der Waals surface area (Å²) in [7, 11) is 0.202. The molecule has 0 aromatic heterocycles. The van der Waals surface area contributed by atoms with Crippen LogP contribution in [-0.4, -0.2) is 23.7 Å². The molecule has 1 aromatic rings. The molecule has 0 saturated heterocycles. The summed E-state index contributed by atoms with van der Waals surface area (Å²) in [6.45, 7) is 2.33. The van der Waals surface area contributed by atoms with Crippen molar-refractivity contribution in [3.63, 3.8) is 0 Å². The molecule has 0 saturated carbocycles. The van der Waals surface area contributed by atoms with Gasteiger partial charge in [0.2, 0.25) is 0 Å². The first-order valence-corrected chi connectivity index (χ1v) is 6.48. The van der Waals surface area contributed by atoms with E-state index in [1.165, 1.54) is 6.20 Å². The Bertz CT molecular complexity index is 429. The fourth-order valence-corrected chi connectivity index (χ4v) is 2.38. The van der Waals surface area contributed by atoms with Crippen molar-refractivity contribution >= 4 is 16.7 Å². The average Bonchev–Trinajstić information content (AvgIpc) is 2.36. The highest BCUT2D eigenvalue weighted by atomic mass is 32.2. The first-order valence-electron chi connectivity index (χ1n) is 5.33. The number of amides is 1. The van der Waals surface area contributed by atoms with Gasteiger partial charge in [0.1, 0.15) is 4.91 Å². The van der Waals surface area contributed by atoms with Crippen LogP contribution in [0.2, 0.25) is 0 Å². The van der Waals surface area contributed by atoms with Crippen molar-refractivity contribution < 1.29 is 9.00 Å². The lowest BCUT2D eigenvalue weighted by atomic mass is 10.4. The lowest BCUT2D eigenvalue weighted by Crippen LogP contribution is -2.27. The van der Waals surface area contributed by atoms with Crippen molar-refractivity contribution in [1.29, 1.82) is 0 Å². The lowest BCUT2D eigenvalue weighted by molar-refractivity contribution is -0.116. The van der Waals surface area contributed by atoms with Crippen LogP contribution >= 0.6 is 0 Å². The molecular formula is C12H16N2O2S. The van der Waals surface area contributed by atoms with Crippen molar-refractivity contribution in [1.82, 2.24) is 10.6 Å². The molecule has 1 amide bonds. The number of carbonyl (C=O) groups is 1. The molecule has 0 radical (unpaired) electrons. The van der Waals surface area contributed by atoms with Crippen LogP contribution in [0.5, 0.6) is 0 Å². The Kier molecular flexibility index (Phi) is 5.42. The van der Waals surface area contributed by atoms with Gasteiger partial charge >= 0.3 is 0 Å². The minimum Gasteiger partial charge on any atom is -0.393 e. The monoisotopic (exact) mass is 252 g/mol. The highest BCUT2D eigenvalue weighted by molar-refractivity contribution is 7.90. The summed E-state index contributed by atoms with van der Waals surface area (Å²) in [6.07, 6.45) is 1.47. The van der Waals surface area contributed by atoms with Crippen molar-refractivity contribution in [2.75, 3.05) is 13.6 Å². The van der Waals surface area contributed by atoms with Gasteiger partial charge in [-0.3, -0.25) is 4.79 Å². The molecule has 0 fully saturated rings. The van der Waals surface area contributed by atoms with Crippen molar-refractivity contribution in [2.45, 2.75) is 11.8 Å². The van der Waals surface area contributed by atoms with Gasteiger partial charge in [0.15, 0.2) is 0 Å². The van der Waals surface area contributed by atoms with Gasteiger partial charge in [-0.15, -0.1) is 0 Å². The summed E-state index contributed by atoms with van der Waals surface area (Å²) >= 11 is 0. The molecule has 0 aliphatic carbocycles. The van der Waals surface area contributed by atoms with E-state index in [0.29, 0.717) is 11.4 Å². The van der Waals surface area contributed by atoms with Crippen LogP contribution in [-0.2, 0) is 15.6 Å². The molecule has 2 N–H and O–H groups in total. The van der Waals surface area contributed by atoms with Crippen LogP contribution in [0.3, 0.4) is 0 Å². The zero-order valence-electron chi connectivity index (χ0n) is 9.90. The molecule has 0 spiro atoms. The van der Waals surface area contributed by atoms with Gasteiger partial charge in [0, 0.05) is 24.7 Å². The molecule has 1 aromatic carbocycles. The third kappa shape index (κ3) is 3.71. The molecule has 1 rings (SSSR count). The Labute approximate surface area is 104 Å². The predicted octanol–water partition coefficient (Wildman–Crippen LogP) is 0.991. The minimum atomic E-state index is -1.47. The van der Waals surface area contributed by atoms with E-state index < -0.39 is 10.8 Å². The maximum absolute atomic E-state index is 12.2. The largest absolute Gasteiger partial charge is 0.393 e. The molecular weight excluding hydrogens is 236 g/mol. The topological polar surface area (TPSA) is 58.2 Å². The van der Waals surface area contributed by atoms with E-state index in [-0.39, 0.29) is 10.8 Å². The Hall–Kier alpha value is -1.62. The Balaban J connectivity index is 2.97. The van der Waals surface area contributed by atoms with E-state index >= 15 is 0 Å². The molecule has 5 heteroatoms. The first kappa shape index (κ1) is 13.4. The highest BCUT2D eigenvalue weighted by Gasteiger charge is 2.17. The maximum Gasteiger partial charge on any atom is 0.262 e. The zero-order valence-corrected chi connectivity index (χ0v) is 10.7. The number of hydrogen-bond acceptors (Lipinski definition) is 3. The van der Waals surface area contributed by atoms with E-state index in [0.717, 1.165) is 0 Å². The van der Waals surface area contributed by atoms with Crippen LogP contribution in [0.1, 0.15) is 6.92 Å². The summed E-state index contributed by atoms with van der Waals surface area (Å²) in [4.78, 5) is 12.6. The summed E-state index contributed by atoms with van der Waals surface area (Å²) < 4.78 is 12.2. The summed E-state index contributed by atoms with van der Waals surface area (Å²) in [5.41, 5.74) is 0. The van der Waals surface area contributed by atoms with Crippen LogP contribution < -0.4 is 10.6 Å². The van der Waals surface area contributed by atoms with E-state index in [1.807, 2.05) is 13.0 Å². The van der Waals surface area contributed by atoms with Crippen LogP contribution in [0, 0.1) is 0 Å². The summed E-state index contributed by atoms with van der Waals surface area (Å²) in [6, 6.07) is 8.90. The lowest BCUT2D eigenvalue weighted by Gasteiger charge is -2.07. The van der Waals surface area contributed by atoms with Crippen molar-refractivity contribution in [2.24, 2.45) is 0 Å². The van der Waals surface area contributed by atoms with E-state index in [4.69, 9.17) is 0 Å². The molecule has 17 heavy (non-hydrogen) atoms.